The summed E-state index contributed by atoms with van der Waals surface area (Å²) in [7, 11) is 0. The Morgan fingerprint density at radius 3 is 2.49 bits per heavy atom. The number of hydrogen-bond acceptors (Lipinski definition) is 9. The topological polar surface area (TPSA) is 115 Å². The Morgan fingerprint density at radius 2 is 1.73 bits per heavy atom. The first-order valence-electron chi connectivity index (χ1n) is 11.2. The van der Waals surface area contributed by atoms with Gasteiger partial charge in [0.1, 0.15) is 16.6 Å². The summed E-state index contributed by atoms with van der Waals surface area (Å²) < 4.78 is 33.3. The number of allylic oxidation sites excluding steroid dienone is 1. The van der Waals surface area contributed by atoms with Crippen molar-refractivity contribution in [2.24, 2.45) is 0 Å². The molecule has 8 nitrogen and oxygen atoms in total. The number of Topliss-reactive ketones (excluding diaryl/α,β-unsaturated/α-hetero) is 1. The van der Waals surface area contributed by atoms with Crippen LogP contribution in [0.3, 0.4) is 0 Å². The van der Waals surface area contributed by atoms with E-state index in [1.165, 1.54) is 23.7 Å². The number of carboxylic acids is 1. The normalized spacial score (nSPS) is 12.2. The van der Waals surface area contributed by atoms with Gasteiger partial charge in [-0.2, -0.15) is 8.75 Å². The van der Waals surface area contributed by atoms with Gasteiger partial charge in [0.05, 0.1) is 28.1 Å². The smallest absolute Gasteiger partial charge is 0.336 e. The van der Waals surface area contributed by atoms with Crippen LogP contribution in [0.2, 0.25) is 0 Å². The quantitative estimate of drug-likeness (QED) is 0.202. The molecule has 186 valence electrons. The van der Waals surface area contributed by atoms with Crippen LogP contribution in [-0.2, 0) is 11.2 Å². The van der Waals surface area contributed by atoms with Gasteiger partial charge >= 0.3 is 5.97 Å². The monoisotopic (exact) mass is 534 g/mol. The van der Waals surface area contributed by atoms with Crippen LogP contribution in [0.25, 0.3) is 26.8 Å². The molecule has 0 radical (unpaired) electrons. The number of aromatic nitrogens is 4. The van der Waals surface area contributed by atoms with E-state index >= 15 is 0 Å². The minimum atomic E-state index is -1.29. The van der Waals surface area contributed by atoms with Crippen molar-refractivity contribution < 1.29 is 23.8 Å². The van der Waals surface area contributed by atoms with E-state index in [1.54, 1.807) is 44.2 Å². The first-order valence-corrected chi connectivity index (χ1v) is 12.7. The van der Waals surface area contributed by atoms with E-state index in [0.29, 0.717) is 27.7 Å². The molecule has 0 fully saturated rings. The summed E-state index contributed by atoms with van der Waals surface area (Å²) in [5.74, 6) is -2.58. The summed E-state index contributed by atoms with van der Waals surface area (Å²) in [6.45, 7) is 3.53. The van der Waals surface area contributed by atoms with Gasteiger partial charge in [0.15, 0.2) is 17.3 Å². The molecule has 0 unspecified atom stereocenters. The predicted molar refractivity (Wildman–Crippen MR) is 140 cm³/mol. The van der Waals surface area contributed by atoms with E-state index in [2.05, 4.69) is 18.3 Å². The van der Waals surface area contributed by atoms with Crippen molar-refractivity contribution in [1.82, 2.24) is 18.3 Å². The van der Waals surface area contributed by atoms with Crippen molar-refractivity contribution >= 4 is 61.8 Å². The third-order valence-corrected chi connectivity index (χ3v) is 6.83. The first kappa shape index (κ1) is 24.6. The molecular weight excluding hydrogens is 515 g/mol. The zero-order chi connectivity index (χ0) is 26.1. The van der Waals surface area contributed by atoms with E-state index < -0.39 is 17.6 Å². The van der Waals surface area contributed by atoms with E-state index in [4.69, 9.17) is 4.74 Å². The summed E-state index contributed by atoms with van der Waals surface area (Å²) in [4.78, 5) is 26.4. The molecular formula is C26H19FN4O4S2. The number of ketones is 1. The second kappa shape index (κ2) is 10.1. The number of carboxylic acid groups (broad SMARTS) is 1. The average Bonchev–Trinajstić information content (AvgIpc) is 3.52. The Hall–Kier alpha value is -4.09. The van der Waals surface area contributed by atoms with Crippen LogP contribution in [0.15, 0.2) is 60.2 Å². The van der Waals surface area contributed by atoms with Crippen LogP contribution in [0.5, 0.6) is 5.75 Å². The molecule has 0 bridgehead atoms. The molecule has 11 heteroatoms. The number of hydrogen-bond donors (Lipinski definition) is 1. The lowest BCUT2D eigenvalue weighted by Gasteiger charge is -2.15. The molecule has 3 aromatic carbocycles. The maximum Gasteiger partial charge on any atom is 0.336 e. The lowest BCUT2D eigenvalue weighted by molar-refractivity contribution is -0.130. The molecule has 0 aliphatic rings. The molecule has 2 heterocycles. The fraction of sp³-hybridized carbons (Fsp3) is 0.154. The van der Waals surface area contributed by atoms with E-state index in [-0.39, 0.29) is 35.0 Å². The molecule has 0 spiro atoms. The summed E-state index contributed by atoms with van der Waals surface area (Å²) in [6, 6.07) is 14.1. The van der Waals surface area contributed by atoms with Gasteiger partial charge in [-0.3, -0.25) is 4.79 Å². The van der Waals surface area contributed by atoms with Gasteiger partial charge in [-0.25, -0.2) is 9.18 Å². The van der Waals surface area contributed by atoms with Crippen molar-refractivity contribution in [3.63, 3.8) is 0 Å². The fourth-order valence-corrected chi connectivity index (χ4v) is 5.09. The minimum absolute atomic E-state index is 0.00351. The van der Waals surface area contributed by atoms with Crippen LogP contribution in [0, 0.1) is 5.82 Å². The molecule has 0 amide bonds. The number of carbonyl (C=O) groups excluding carboxylic acids is 1. The lowest BCUT2D eigenvalue weighted by atomic mass is 9.89. The summed E-state index contributed by atoms with van der Waals surface area (Å²) in [5.41, 5.74) is 2.67. The maximum atomic E-state index is 14.8. The molecule has 0 saturated carbocycles. The van der Waals surface area contributed by atoms with Crippen molar-refractivity contribution in [1.29, 1.82) is 0 Å². The highest BCUT2D eigenvalue weighted by atomic mass is 32.1. The Labute approximate surface area is 218 Å². The Morgan fingerprint density at radius 1 is 0.973 bits per heavy atom. The van der Waals surface area contributed by atoms with Crippen molar-refractivity contribution in [2.45, 2.75) is 26.4 Å². The molecule has 0 atom stereocenters. The number of benzene rings is 3. The fourth-order valence-electron chi connectivity index (χ4n) is 3.95. The number of ether oxygens (including phenoxy) is 1. The van der Waals surface area contributed by atoms with Gasteiger partial charge in [0.2, 0.25) is 0 Å². The Balaban J connectivity index is 1.66. The van der Waals surface area contributed by atoms with Gasteiger partial charge in [0, 0.05) is 17.6 Å². The third kappa shape index (κ3) is 5.09. The predicted octanol–water partition coefficient (Wildman–Crippen LogP) is 5.59. The largest absolute Gasteiger partial charge is 0.488 e. The second-order valence-electron chi connectivity index (χ2n) is 8.52. The standard InChI is InChI=1S/C26H19FN4O4S2/c1-13(2)35-22-8-5-16(11-18(22)27)25(32)17(9-14-3-6-20-23(10-14)36-31-28-20)24(26(33)34)15-4-7-19-21(12-15)30-37-29-19/h3-8,10-13H,9H2,1-2H3,(H,33,34). The van der Waals surface area contributed by atoms with Gasteiger partial charge in [-0.15, -0.1) is 5.10 Å². The number of nitrogens with zero attached hydrogens (tertiary/aromatic N) is 4. The third-order valence-electron chi connectivity index (χ3n) is 5.58. The number of rotatable bonds is 8. The highest BCUT2D eigenvalue weighted by Gasteiger charge is 2.25. The van der Waals surface area contributed by atoms with Crippen LogP contribution >= 0.6 is 23.3 Å². The van der Waals surface area contributed by atoms with Crippen LogP contribution in [0.4, 0.5) is 4.39 Å². The zero-order valence-electron chi connectivity index (χ0n) is 19.6. The van der Waals surface area contributed by atoms with Crippen molar-refractivity contribution in [3.8, 4) is 5.75 Å². The summed E-state index contributed by atoms with van der Waals surface area (Å²) in [6.07, 6.45) is -0.260. The second-order valence-corrected chi connectivity index (χ2v) is 9.83. The number of halogens is 1. The SMILES string of the molecule is CC(C)Oc1ccc(C(=O)C(Cc2ccc3nnsc3c2)=C(C(=O)O)c2ccc3nsnc3c2)cc1F. The lowest BCUT2D eigenvalue weighted by Crippen LogP contribution is -2.15. The first-order chi connectivity index (χ1) is 17.8. The summed E-state index contributed by atoms with van der Waals surface area (Å²) >= 11 is 2.21. The summed E-state index contributed by atoms with van der Waals surface area (Å²) in [5, 5.41) is 14.3. The number of fused-ring (bicyclic) bond motifs is 2. The van der Waals surface area contributed by atoms with Crippen LogP contribution in [0.1, 0.15) is 35.3 Å². The number of carbonyl (C=O) groups is 2. The zero-order valence-corrected chi connectivity index (χ0v) is 21.3. The molecule has 0 saturated heterocycles. The van der Waals surface area contributed by atoms with E-state index in [9.17, 15) is 19.1 Å². The highest BCUT2D eigenvalue weighted by molar-refractivity contribution is 7.12. The van der Waals surface area contributed by atoms with E-state index in [1.807, 2.05) is 6.07 Å². The Kier molecular flexibility index (Phi) is 6.72. The number of aliphatic carboxylic acids is 1. The van der Waals surface area contributed by atoms with Gasteiger partial charge < -0.3 is 9.84 Å². The molecule has 5 rings (SSSR count). The molecule has 0 aliphatic carbocycles. The van der Waals surface area contributed by atoms with Gasteiger partial charge in [-0.05, 0) is 79.0 Å². The highest BCUT2D eigenvalue weighted by Crippen LogP contribution is 2.30. The van der Waals surface area contributed by atoms with Crippen LogP contribution < -0.4 is 4.74 Å². The molecule has 37 heavy (non-hydrogen) atoms. The molecule has 1 N–H and O–H groups in total. The molecule has 0 aliphatic heterocycles. The Bertz CT molecular complexity index is 1690. The van der Waals surface area contributed by atoms with Gasteiger partial charge in [0.25, 0.3) is 0 Å². The molecule has 2 aromatic heterocycles. The average molecular weight is 535 g/mol. The van der Waals surface area contributed by atoms with Crippen molar-refractivity contribution in [2.75, 3.05) is 0 Å². The van der Waals surface area contributed by atoms with Crippen LogP contribution in [-0.4, -0.2) is 41.3 Å². The maximum absolute atomic E-state index is 14.8. The van der Waals surface area contributed by atoms with Crippen molar-refractivity contribution in [3.05, 3.63) is 82.7 Å². The van der Waals surface area contributed by atoms with E-state index in [0.717, 1.165) is 22.5 Å². The minimum Gasteiger partial charge on any atom is -0.488 e. The van der Waals surface area contributed by atoms with Gasteiger partial charge in [-0.1, -0.05) is 16.6 Å². The molecule has 5 aromatic rings.